The number of carboxylic acid groups (broad SMARTS) is 7. The lowest BCUT2D eigenvalue weighted by molar-refractivity contribution is 0.0646. The molecule has 24 nitrogen and oxygen atoms in total. The van der Waals surface area contributed by atoms with Gasteiger partial charge >= 0.3 is 41.8 Å². The minimum absolute atomic E-state index is 0.0787. The molecule has 0 saturated heterocycles. The molecule has 0 saturated carbocycles. The second-order valence-corrected chi connectivity index (χ2v) is 13.4. The van der Waals surface area contributed by atoms with Crippen LogP contribution in [0.25, 0.3) is 21.8 Å². The van der Waals surface area contributed by atoms with E-state index in [-0.39, 0.29) is 67.3 Å². The van der Waals surface area contributed by atoms with E-state index in [9.17, 15) is 48.3 Å². The van der Waals surface area contributed by atoms with Crippen molar-refractivity contribution < 1.29 is 79.5 Å². The molecule has 71 heavy (non-hydrogen) atoms. The molecule has 4 heterocycles. The number of anilines is 2. The van der Waals surface area contributed by atoms with Crippen LogP contribution in [-0.4, -0.2) is 108 Å². The van der Waals surface area contributed by atoms with Crippen molar-refractivity contribution in [1.29, 1.82) is 0 Å². The van der Waals surface area contributed by atoms with Crippen molar-refractivity contribution in [3.05, 3.63) is 200 Å². The maximum atomic E-state index is 11.5. The molecule has 0 aliphatic heterocycles. The number of carboxylic acids is 7. The first-order chi connectivity index (χ1) is 33.5. The fourth-order valence-electron chi connectivity index (χ4n) is 5.35. The van der Waals surface area contributed by atoms with E-state index >= 15 is 0 Å². The van der Waals surface area contributed by atoms with Gasteiger partial charge in [-0.05, 0) is 72.8 Å². The van der Waals surface area contributed by atoms with Gasteiger partial charge in [-0.2, -0.15) is 0 Å². The zero-order chi connectivity index (χ0) is 52.9. The number of phenolic OH excluding ortho intramolecular Hbond substituents is 2. The van der Waals surface area contributed by atoms with Crippen molar-refractivity contribution in [2.24, 2.45) is 0 Å². The maximum absolute atomic E-state index is 11.5. The smallest absolute Gasteiger partial charge is 0.355 e. The van der Waals surface area contributed by atoms with E-state index in [0.29, 0.717) is 16.6 Å². The van der Waals surface area contributed by atoms with Gasteiger partial charge in [-0.15, -0.1) is 0 Å². The van der Waals surface area contributed by atoms with Crippen LogP contribution in [-0.2, 0) is 0 Å². The predicted molar refractivity (Wildman–Crippen MR) is 251 cm³/mol. The van der Waals surface area contributed by atoms with Crippen molar-refractivity contribution in [1.82, 2.24) is 19.9 Å². The third-order valence-corrected chi connectivity index (χ3v) is 8.67. The minimum atomic E-state index is -1.34. The molecule has 0 aliphatic carbocycles. The average Bonchev–Trinajstić information content (AvgIpc) is 3.34. The number of nitrogen functional groups attached to an aromatic ring is 2. The highest BCUT2D eigenvalue weighted by Gasteiger charge is 2.16. The number of para-hydroxylation sites is 4. The Labute approximate surface area is 396 Å². The summed E-state index contributed by atoms with van der Waals surface area (Å²) in [6.07, 6.45) is 2.68. The summed E-state index contributed by atoms with van der Waals surface area (Å²) >= 11 is 0. The number of nitrogens with two attached hydrogens (primary N) is 2. The molecule has 364 valence electrons. The minimum Gasteiger partial charge on any atom is -0.506 e. The van der Waals surface area contributed by atoms with Crippen LogP contribution in [0.5, 0.6) is 11.5 Å². The van der Waals surface area contributed by atoms with Gasteiger partial charge in [-0.1, -0.05) is 42.5 Å². The number of carbonyl (C=O) groups is 7. The molecule has 0 unspecified atom stereocenters. The van der Waals surface area contributed by atoms with Crippen LogP contribution in [0.4, 0.5) is 11.4 Å². The number of H-pyrrole nitrogens is 2. The predicted octanol–water partition coefficient (Wildman–Crippen LogP) is 5.06. The van der Waals surface area contributed by atoms with Gasteiger partial charge in [0.1, 0.15) is 28.6 Å². The van der Waals surface area contributed by atoms with Crippen LogP contribution in [0.15, 0.2) is 149 Å². The van der Waals surface area contributed by atoms with Crippen molar-refractivity contribution >= 4 is 75.0 Å². The monoisotopic (exact) mass is 974 g/mol. The third-order valence-electron chi connectivity index (χ3n) is 8.67. The van der Waals surface area contributed by atoms with Gasteiger partial charge in [0.05, 0.1) is 27.9 Å². The Hall–Kier alpha value is -10.9. The van der Waals surface area contributed by atoms with Crippen LogP contribution in [0.1, 0.15) is 73.0 Å². The standard InChI is InChI=1S/C10H7NO4.C10H7NO3.C7H5NO4.C7H7NO3.C7H7NO2.C6H5NO2/c12-7-3-1-2-5-8(13)4-6(10(14)15)11-9(5)7;12-9-5-8(10(13)14)11-7-4-2-1-3-6(7)9;9-6(10)4-2-1-3-8-5(4)7(11)12;8-6-4(7(10)11)2-1-3-5(6)9;8-6-4-2-1-3-5(6)7(9)10;8-6(9)5-3-1-2-4-7-5/h1-4,12H,(H,11,13)(H,14,15);1-5H,(H,11,12)(H,13,14);1-3H,(H,9,10)(H,11,12);1-3,9H,8H2,(H,10,11);1-4H,8H2,(H,9,10);1-4H,(H,8,9). The maximum Gasteiger partial charge on any atom is 0.355 e. The van der Waals surface area contributed by atoms with Crippen LogP contribution in [0.3, 0.4) is 0 Å². The SMILES string of the molecule is Nc1c(O)cccc1C(=O)O.Nc1ccccc1C(=O)O.O=C(O)c1cc(=O)c2cccc(O)c2[nH]1.O=C(O)c1cc(=O)c2ccccc2[nH]1.O=C(O)c1ccccn1.O=C(O)c1cccnc1C(=O)O. The van der Waals surface area contributed by atoms with Crippen molar-refractivity contribution in [2.45, 2.75) is 0 Å². The number of phenols is 2. The molecule has 15 N–H and O–H groups in total. The molecule has 4 aromatic carbocycles. The second-order valence-electron chi connectivity index (χ2n) is 13.4. The lowest BCUT2D eigenvalue weighted by atomic mass is 10.2. The van der Waals surface area contributed by atoms with E-state index in [0.717, 1.165) is 12.1 Å². The first kappa shape index (κ1) is 54.4. The number of pyridine rings is 4. The van der Waals surface area contributed by atoms with Gasteiger partial charge in [0.15, 0.2) is 16.6 Å². The van der Waals surface area contributed by atoms with Crippen LogP contribution in [0.2, 0.25) is 0 Å². The topological polar surface area (TPSA) is 445 Å². The number of aromatic carboxylic acids is 7. The number of hydrogen-bond donors (Lipinski definition) is 13. The lowest BCUT2D eigenvalue weighted by Crippen LogP contribution is -2.09. The number of hydrogen-bond acceptors (Lipinski definition) is 15. The summed E-state index contributed by atoms with van der Waals surface area (Å²) in [4.78, 5) is 108. The van der Waals surface area contributed by atoms with Gasteiger partial charge in [-0.3, -0.25) is 9.59 Å². The largest absolute Gasteiger partial charge is 0.506 e. The number of aromatic nitrogens is 4. The fraction of sp³-hybridized carbons (Fsp3) is 0. The summed E-state index contributed by atoms with van der Waals surface area (Å²) in [5.74, 6) is -8.47. The molecule has 0 fully saturated rings. The zero-order valence-corrected chi connectivity index (χ0v) is 36.0. The Balaban J connectivity index is 0.000000227. The van der Waals surface area contributed by atoms with Crippen LogP contribution in [0, 0.1) is 0 Å². The summed E-state index contributed by atoms with van der Waals surface area (Å²) in [7, 11) is 0. The Morgan fingerprint density at radius 3 is 1.44 bits per heavy atom. The van der Waals surface area contributed by atoms with Gasteiger partial charge < -0.3 is 67.4 Å². The molecule has 8 aromatic rings. The number of aromatic hydroxyl groups is 2. The summed E-state index contributed by atoms with van der Waals surface area (Å²) in [5.41, 5.74) is 9.85. The molecule has 4 aromatic heterocycles. The van der Waals surface area contributed by atoms with Gasteiger partial charge in [0, 0.05) is 46.5 Å². The van der Waals surface area contributed by atoms with Crippen molar-refractivity contribution in [3.8, 4) is 11.5 Å². The quantitative estimate of drug-likeness (QED) is 0.0733. The van der Waals surface area contributed by atoms with Gasteiger partial charge in [-0.25, -0.2) is 43.5 Å². The Kier molecular flexibility index (Phi) is 19.7. The highest BCUT2D eigenvalue weighted by Crippen LogP contribution is 2.23. The number of rotatable bonds is 7. The molecule has 0 aliphatic rings. The molecule has 0 spiro atoms. The summed E-state index contributed by atoms with van der Waals surface area (Å²) in [6.45, 7) is 0. The summed E-state index contributed by atoms with van der Waals surface area (Å²) in [5, 5.41) is 78.9. The Bertz CT molecular complexity index is 3340. The molecule has 0 amide bonds. The lowest BCUT2D eigenvalue weighted by Gasteiger charge is -2.01. The summed E-state index contributed by atoms with van der Waals surface area (Å²) in [6, 6.07) is 31.1. The van der Waals surface area contributed by atoms with Crippen molar-refractivity contribution in [2.75, 3.05) is 11.5 Å². The molecule has 0 atom stereocenters. The van der Waals surface area contributed by atoms with E-state index < -0.39 is 52.9 Å². The Morgan fingerprint density at radius 2 is 0.930 bits per heavy atom. The average molecular weight is 975 g/mol. The fourth-order valence-corrected chi connectivity index (χ4v) is 5.35. The summed E-state index contributed by atoms with van der Waals surface area (Å²) < 4.78 is 0. The normalized spacial score (nSPS) is 9.69. The third kappa shape index (κ3) is 15.9. The van der Waals surface area contributed by atoms with E-state index in [1.54, 1.807) is 54.6 Å². The molecular formula is C47H38N6O18. The number of nitrogens with zero attached hydrogens (tertiary/aromatic N) is 2. The van der Waals surface area contributed by atoms with E-state index in [1.807, 2.05) is 0 Å². The molecule has 0 radical (unpaired) electrons. The van der Waals surface area contributed by atoms with Crippen molar-refractivity contribution in [3.63, 3.8) is 0 Å². The number of aromatic amines is 2. The molecule has 24 heteroatoms. The number of nitrogens with one attached hydrogen (secondary N) is 2. The number of fused-ring (bicyclic) bond motifs is 2. The van der Waals surface area contributed by atoms with E-state index in [4.69, 9.17) is 52.3 Å². The first-order valence-electron chi connectivity index (χ1n) is 19.4. The van der Waals surface area contributed by atoms with E-state index in [1.165, 1.54) is 73.1 Å². The van der Waals surface area contributed by atoms with Crippen LogP contribution < -0.4 is 22.3 Å². The number of benzene rings is 4. The van der Waals surface area contributed by atoms with E-state index in [2.05, 4.69) is 19.9 Å². The zero-order valence-electron chi connectivity index (χ0n) is 36.0. The van der Waals surface area contributed by atoms with Crippen LogP contribution >= 0.6 is 0 Å². The van der Waals surface area contributed by atoms with Gasteiger partial charge in [0.25, 0.3) is 0 Å². The molecular weight excluding hydrogens is 937 g/mol. The molecule has 0 bridgehead atoms. The van der Waals surface area contributed by atoms with Gasteiger partial charge in [0.2, 0.25) is 0 Å². The second kappa shape index (κ2) is 25.7. The highest BCUT2D eigenvalue weighted by molar-refractivity contribution is 6.00. The molecule has 8 rings (SSSR count). The Morgan fingerprint density at radius 1 is 0.437 bits per heavy atom. The first-order valence-corrected chi connectivity index (χ1v) is 19.4. The highest BCUT2D eigenvalue weighted by atomic mass is 16.4.